The molecule has 0 saturated carbocycles. The van der Waals surface area contributed by atoms with E-state index in [9.17, 15) is 19.3 Å². The fraction of sp³-hybridized carbons (Fsp3) is 0.214. The monoisotopic (exact) mass is 309 g/mol. The Morgan fingerprint density at radius 1 is 1.38 bits per heavy atom. The number of Topliss-reactive ketones (excluding diaryl/α,β-unsaturated/α-hetero) is 1. The van der Waals surface area contributed by atoms with Crippen LogP contribution in [0.15, 0.2) is 35.7 Å². The molecule has 2 aromatic rings. The van der Waals surface area contributed by atoms with Gasteiger partial charge >= 0.3 is 5.69 Å². The van der Waals surface area contributed by atoms with Crippen LogP contribution in [-0.2, 0) is 0 Å². The Labute approximate surface area is 124 Å². The lowest BCUT2D eigenvalue weighted by Crippen LogP contribution is -2.04. The van der Waals surface area contributed by atoms with Gasteiger partial charge in [0.25, 0.3) is 0 Å². The molecule has 0 saturated heterocycles. The molecule has 5 nitrogen and oxygen atoms in total. The van der Waals surface area contributed by atoms with Crippen LogP contribution in [0.5, 0.6) is 5.75 Å². The first-order valence-electron chi connectivity index (χ1n) is 6.21. The van der Waals surface area contributed by atoms with Crippen molar-refractivity contribution in [1.82, 2.24) is 0 Å². The minimum Gasteiger partial charge on any atom is -0.487 e. The minimum absolute atomic E-state index is 0.00217. The molecule has 0 aliphatic heterocycles. The number of nitro benzene ring substituents is 1. The van der Waals surface area contributed by atoms with Crippen LogP contribution in [0.4, 0.5) is 10.1 Å². The molecule has 7 heteroatoms. The lowest BCUT2D eigenvalue weighted by Gasteiger charge is -2.06. The first-order chi connectivity index (χ1) is 10.1. The second-order valence-electron chi connectivity index (χ2n) is 4.22. The Kier molecular flexibility index (Phi) is 4.99. The van der Waals surface area contributed by atoms with E-state index in [1.54, 1.807) is 12.1 Å². The van der Waals surface area contributed by atoms with Gasteiger partial charge in [0.1, 0.15) is 5.82 Å². The molecule has 0 N–H and O–H groups in total. The van der Waals surface area contributed by atoms with Crippen molar-refractivity contribution in [3.63, 3.8) is 0 Å². The number of thiophene rings is 1. The molecule has 21 heavy (non-hydrogen) atoms. The van der Waals surface area contributed by atoms with Gasteiger partial charge < -0.3 is 4.74 Å². The van der Waals surface area contributed by atoms with E-state index >= 15 is 0 Å². The van der Waals surface area contributed by atoms with E-state index in [4.69, 9.17) is 4.74 Å². The summed E-state index contributed by atoms with van der Waals surface area (Å²) in [7, 11) is 0. The Morgan fingerprint density at radius 3 is 2.86 bits per heavy atom. The number of benzene rings is 1. The number of ketones is 1. The zero-order valence-corrected chi connectivity index (χ0v) is 11.8. The molecule has 1 heterocycles. The number of rotatable bonds is 7. The van der Waals surface area contributed by atoms with Crippen molar-refractivity contribution in [1.29, 1.82) is 0 Å². The van der Waals surface area contributed by atoms with Gasteiger partial charge in [-0.2, -0.15) is 0 Å². The summed E-state index contributed by atoms with van der Waals surface area (Å²) in [5.74, 6) is -0.726. The maximum absolute atomic E-state index is 13.1. The summed E-state index contributed by atoms with van der Waals surface area (Å²) in [6, 6.07) is 6.57. The Hall–Kier alpha value is -2.28. The molecule has 110 valence electrons. The Bertz CT molecular complexity index is 642. The summed E-state index contributed by atoms with van der Waals surface area (Å²) in [4.78, 5) is 22.6. The minimum atomic E-state index is -0.633. The highest BCUT2D eigenvalue weighted by molar-refractivity contribution is 7.12. The second-order valence-corrected chi connectivity index (χ2v) is 5.17. The molecule has 0 amide bonds. The predicted octanol–water partition coefficient (Wildman–Crippen LogP) is 3.84. The van der Waals surface area contributed by atoms with Gasteiger partial charge in [0.2, 0.25) is 0 Å². The van der Waals surface area contributed by atoms with Crippen LogP contribution >= 0.6 is 11.3 Å². The first kappa shape index (κ1) is 15.1. The van der Waals surface area contributed by atoms with Gasteiger partial charge in [-0.25, -0.2) is 4.39 Å². The second kappa shape index (κ2) is 6.94. The first-order valence-corrected chi connectivity index (χ1v) is 7.09. The summed E-state index contributed by atoms with van der Waals surface area (Å²) >= 11 is 1.36. The fourth-order valence-corrected chi connectivity index (χ4v) is 2.42. The average Bonchev–Trinajstić information content (AvgIpc) is 2.97. The normalized spacial score (nSPS) is 10.3. The molecular formula is C14H12FNO4S. The van der Waals surface area contributed by atoms with E-state index in [-0.39, 0.29) is 30.2 Å². The zero-order chi connectivity index (χ0) is 15.2. The molecule has 0 aliphatic rings. The molecule has 0 aliphatic carbocycles. The molecular weight excluding hydrogens is 297 g/mol. The summed E-state index contributed by atoms with van der Waals surface area (Å²) in [5, 5.41) is 12.6. The maximum Gasteiger partial charge on any atom is 0.311 e. The highest BCUT2D eigenvalue weighted by Crippen LogP contribution is 2.27. The highest BCUT2D eigenvalue weighted by Gasteiger charge is 2.16. The van der Waals surface area contributed by atoms with Crippen LogP contribution in [0.2, 0.25) is 0 Å². The van der Waals surface area contributed by atoms with Crippen molar-refractivity contribution >= 4 is 22.8 Å². The molecule has 1 aromatic carbocycles. The van der Waals surface area contributed by atoms with Gasteiger partial charge in [-0.05, 0) is 23.9 Å². The summed E-state index contributed by atoms with van der Waals surface area (Å²) < 4.78 is 18.3. The number of halogens is 1. The number of hydrogen-bond donors (Lipinski definition) is 0. The van der Waals surface area contributed by atoms with Crippen LogP contribution in [0.25, 0.3) is 0 Å². The molecule has 0 spiro atoms. The van der Waals surface area contributed by atoms with Crippen LogP contribution in [0.3, 0.4) is 0 Å². The van der Waals surface area contributed by atoms with Crippen molar-refractivity contribution in [2.45, 2.75) is 12.8 Å². The van der Waals surface area contributed by atoms with Gasteiger partial charge in [-0.3, -0.25) is 14.9 Å². The zero-order valence-electron chi connectivity index (χ0n) is 11.0. The van der Waals surface area contributed by atoms with Crippen LogP contribution in [0, 0.1) is 15.9 Å². The van der Waals surface area contributed by atoms with Gasteiger partial charge in [0.05, 0.1) is 16.4 Å². The molecule has 0 bridgehead atoms. The molecule has 0 atom stereocenters. The number of hydrogen-bond acceptors (Lipinski definition) is 5. The number of nitro groups is 1. The standard InChI is InChI=1S/C14H12FNO4S/c15-10-5-6-11(16(18)19)13(9-10)20-7-1-3-12(17)14-4-2-8-21-14/h2,4-6,8-9H,1,3,7H2. The van der Waals surface area contributed by atoms with Crippen molar-refractivity contribution in [2.75, 3.05) is 6.61 Å². The summed E-state index contributed by atoms with van der Waals surface area (Å²) in [6.07, 6.45) is 0.689. The molecule has 2 rings (SSSR count). The Morgan fingerprint density at radius 2 is 2.19 bits per heavy atom. The lowest BCUT2D eigenvalue weighted by molar-refractivity contribution is -0.385. The quantitative estimate of drug-likeness (QED) is 0.337. The van der Waals surface area contributed by atoms with E-state index in [1.165, 1.54) is 11.3 Å². The summed E-state index contributed by atoms with van der Waals surface area (Å²) in [6.45, 7) is 0.113. The molecule has 0 fully saturated rings. The topological polar surface area (TPSA) is 69.4 Å². The fourth-order valence-electron chi connectivity index (χ4n) is 1.73. The number of ether oxygens (including phenoxy) is 1. The average molecular weight is 309 g/mol. The van der Waals surface area contributed by atoms with Crippen molar-refractivity contribution in [2.24, 2.45) is 0 Å². The van der Waals surface area contributed by atoms with Crippen LogP contribution < -0.4 is 4.74 Å². The van der Waals surface area contributed by atoms with Gasteiger partial charge in [0.15, 0.2) is 11.5 Å². The predicted molar refractivity (Wildman–Crippen MR) is 76.4 cm³/mol. The third-order valence-corrected chi connectivity index (χ3v) is 3.63. The summed E-state index contributed by atoms with van der Waals surface area (Å²) in [5.41, 5.74) is -0.291. The van der Waals surface area contributed by atoms with Crippen molar-refractivity contribution < 1.29 is 18.8 Å². The van der Waals surface area contributed by atoms with Crippen LogP contribution in [-0.4, -0.2) is 17.3 Å². The van der Waals surface area contributed by atoms with Gasteiger partial charge in [0, 0.05) is 18.6 Å². The third kappa shape index (κ3) is 4.09. The molecule has 0 radical (unpaired) electrons. The third-order valence-electron chi connectivity index (χ3n) is 2.72. The van der Waals surface area contributed by atoms with Crippen LogP contribution in [0.1, 0.15) is 22.5 Å². The van der Waals surface area contributed by atoms with Gasteiger partial charge in [-0.1, -0.05) is 6.07 Å². The van der Waals surface area contributed by atoms with E-state index < -0.39 is 10.7 Å². The number of nitrogens with zero attached hydrogens (tertiary/aromatic N) is 1. The number of carbonyl (C=O) groups is 1. The highest BCUT2D eigenvalue weighted by atomic mass is 32.1. The lowest BCUT2D eigenvalue weighted by atomic mass is 10.2. The van der Waals surface area contributed by atoms with Gasteiger partial charge in [-0.15, -0.1) is 11.3 Å². The maximum atomic E-state index is 13.1. The number of carbonyl (C=O) groups excluding carboxylic acids is 1. The van der Waals surface area contributed by atoms with E-state index in [2.05, 4.69) is 0 Å². The molecule has 0 unspecified atom stereocenters. The van der Waals surface area contributed by atoms with E-state index in [0.717, 1.165) is 18.2 Å². The van der Waals surface area contributed by atoms with E-state index in [0.29, 0.717) is 11.3 Å². The SMILES string of the molecule is O=C(CCCOc1cc(F)ccc1[N+](=O)[O-])c1cccs1. The van der Waals surface area contributed by atoms with Crippen molar-refractivity contribution in [3.8, 4) is 5.75 Å². The largest absolute Gasteiger partial charge is 0.487 e. The van der Waals surface area contributed by atoms with Crippen molar-refractivity contribution in [3.05, 3.63) is 56.5 Å². The smallest absolute Gasteiger partial charge is 0.311 e. The Balaban J connectivity index is 1.87. The molecule has 1 aromatic heterocycles. The van der Waals surface area contributed by atoms with E-state index in [1.807, 2.05) is 5.38 Å².